The molecule has 32 heavy (non-hydrogen) atoms. The minimum absolute atomic E-state index is 0.0157. The van der Waals surface area contributed by atoms with Crippen LogP contribution in [0.1, 0.15) is 40.5 Å². The van der Waals surface area contributed by atoms with E-state index in [0.29, 0.717) is 6.42 Å². The van der Waals surface area contributed by atoms with Crippen molar-refractivity contribution in [3.05, 3.63) is 36.5 Å². The van der Waals surface area contributed by atoms with Crippen molar-refractivity contribution in [1.82, 2.24) is 0 Å². The van der Waals surface area contributed by atoms with Gasteiger partial charge in [-0.2, -0.15) is 0 Å². The Morgan fingerprint density at radius 3 is 2.69 bits per heavy atom. The van der Waals surface area contributed by atoms with Gasteiger partial charge in [-0.25, -0.2) is 4.79 Å². The number of methoxy groups -OCH3 is 1. The van der Waals surface area contributed by atoms with Gasteiger partial charge in [0.2, 0.25) is 0 Å². The number of Topliss-reactive ketones (excluding diaryl/α,β-unsaturated/α-hetero) is 1. The average Bonchev–Trinajstić information content (AvgIpc) is 2.94. The quantitative estimate of drug-likeness (QED) is 0.530. The molecule has 176 valence electrons. The molecule has 2 aliphatic carbocycles. The number of hydrogen-bond acceptors (Lipinski definition) is 6. The van der Waals surface area contributed by atoms with E-state index in [4.69, 9.17) is 14.2 Å². The van der Waals surface area contributed by atoms with Gasteiger partial charge in [-0.1, -0.05) is 38.2 Å². The number of hydrogen-bond donors (Lipinski definition) is 1. The Balaban J connectivity index is 1.87. The summed E-state index contributed by atoms with van der Waals surface area (Å²) in [5.41, 5.74) is 0.146. The first-order valence-corrected chi connectivity index (χ1v) is 11.8. The highest BCUT2D eigenvalue weighted by Gasteiger charge is 2.68. The van der Waals surface area contributed by atoms with Gasteiger partial charge in [0.1, 0.15) is 17.5 Å². The Morgan fingerprint density at radius 2 is 2.06 bits per heavy atom. The summed E-state index contributed by atoms with van der Waals surface area (Å²) in [5, 5.41) is 10.3. The van der Waals surface area contributed by atoms with E-state index in [1.54, 1.807) is 6.92 Å². The van der Waals surface area contributed by atoms with Crippen molar-refractivity contribution in [2.45, 2.75) is 70.6 Å². The molecule has 1 spiro atoms. The summed E-state index contributed by atoms with van der Waals surface area (Å²) in [6, 6.07) is 0. The summed E-state index contributed by atoms with van der Waals surface area (Å²) in [7, 11) is 1.49. The highest BCUT2D eigenvalue weighted by atomic mass is 16.6. The molecule has 0 radical (unpaired) electrons. The minimum Gasteiger partial charge on any atom is -0.457 e. The number of carbonyl (C=O) groups excluding carboxylic acids is 2. The molecule has 0 aromatic rings. The zero-order chi connectivity index (χ0) is 23.4. The van der Waals surface area contributed by atoms with Crippen LogP contribution in [-0.4, -0.2) is 54.0 Å². The summed E-state index contributed by atoms with van der Waals surface area (Å²) in [5.74, 6) is -1.02. The van der Waals surface area contributed by atoms with Crippen molar-refractivity contribution < 1.29 is 28.9 Å². The first kappa shape index (κ1) is 23.4. The lowest BCUT2D eigenvalue weighted by atomic mass is 9.56. The van der Waals surface area contributed by atoms with E-state index in [9.17, 15) is 14.7 Å². The third-order valence-corrected chi connectivity index (χ3v) is 8.32. The standard InChI is InChI=1S/C26H36O6/c1-7-8-18-15(4)22(28)21-19-10-9-17-12-20(30-6)25(29)31-23(16(5)27)13(2)11-14(3)26(17,21)32-24(18)19/h7,9-11,13,15-21,23-24,27H,1,8,12H2,2-6H3/b14-11+/t13-,15-,16-,17-,18-,19-,20+,21+,23+,24+,26+/m1/s1. The molecule has 1 saturated carbocycles. The molecule has 2 heterocycles. The van der Waals surface area contributed by atoms with Crippen LogP contribution in [0.4, 0.5) is 0 Å². The molecular weight excluding hydrogens is 408 g/mol. The van der Waals surface area contributed by atoms with Gasteiger partial charge in [-0.15, -0.1) is 6.58 Å². The van der Waals surface area contributed by atoms with Gasteiger partial charge in [0, 0.05) is 30.8 Å². The third kappa shape index (κ3) is 3.34. The van der Waals surface area contributed by atoms with Gasteiger partial charge in [0.15, 0.2) is 6.10 Å². The van der Waals surface area contributed by atoms with Crippen LogP contribution in [0.3, 0.4) is 0 Å². The van der Waals surface area contributed by atoms with E-state index in [2.05, 4.69) is 18.7 Å². The van der Waals surface area contributed by atoms with E-state index in [0.717, 1.165) is 12.0 Å². The zero-order valence-electron chi connectivity index (χ0n) is 19.7. The number of ketones is 1. The molecule has 11 atom stereocenters. The monoisotopic (exact) mass is 444 g/mol. The van der Waals surface area contributed by atoms with Gasteiger partial charge in [-0.3, -0.25) is 4.79 Å². The Morgan fingerprint density at radius 1 is 1.34 bits per heavy atom. The van der Waals surface area contributed by atoms with Crippen LogP contribution in [0.15, 0.2) is 36.5 Å². The summed E-state index contributed by atoms with van der Waals surface area (Å²) >= 11 is 0. The van der Waals surface area contributed by atoms with Crippen molar-refractivity contribution in [3.63, 3.8) is 0 Å². The Labute approximate surface area is 190 Å². The molecule has 4 bridgehead atoms. The highest BCUT2D eigenvalue weighted by Crippen LogP contribution is 2.61. The van der Waals surface area contributed by atoms with Crippen LogP contribution >= 0.6 is 0 Å². The number of allylic oxidation sites excluding steroid dienone is 1. The molecule has 0 unspecified atom stereocenters. The molecule has 4 aliphatic rings. The molecule has 4 rings (SSSR count). The summed E-state index contributed by atoms with van der Waals surface area (Å²) in [4.78, 5) is 26.7. The number of esters is 1. The number of rotatable bonds is 4. The molecule has 0 aromatic heterocycles. The second kappa shape index (κ2) is 8.54. The molecule has 0 amide bonds. The first-order chi connectivity index (χ1) is 15.2. The maximum Gasteiger partial charge on any atom is 0.335 e. The Bertz CT molecular complexity index is 843. The summed E-state index contributed by atoms with van der Waals surface area (Å²) in [6.45, 7) is 11.5. The topological polar surface area (TPSA) is 82.1 Å². The van der Waals surface area contributed by atoms with Gasteiger partial charge in [-0.05, 0) is 38.2 Å². The normalized spacial score (nSPS) is 48.3. The summed E-state index contributed by atoms with van der Waals surface area (Å²) in [6.07, 6.45) is 6.80. The molecule has 6 nitrogen and oxygen atoms in total. The van der Waals surface area contributed by atoms with Gasteiger partial charge in [0.25, 0.3) is 0 Å². The van der Waals surface area contributed by atoms with Crippen LogP contribution in [0, 0.1) is 35.5 Å². The van der Waals surface area contributed by atoms with E-state index in [1.165, 1.54) is 7.11 Å². The molecule has 6 heteroatoms. The van der Waals surface area contributed by atoms with Gasteiger partial charge in [0.05, 0.1) is 18.1 Å². The summed E-state index contributed by atoms with van der Waals surface area (Å²) < 4.78 is 18.2. The van der Waals surface area contributed by atoms with Crippen LogP contribution in [0.25, 0.3) is 0 Å². The van der Waals surface area contributed by atoms with E-state index in [1.807, 2.05) is 32.9 Å². The fourth-order valence-electron chi connectivity index (χ4n) is 6.76. The van der Waals surface area contributed by atoms with E-state index in [-0.39, 0.29) is 47.4 Å². The lowest BCUT2D eigenvalue weighted by Crippen LogP contribution is -2.54. The minimum atomic E-state index is -0.843. The fourth-order valence-corrected chi connectivity index (χ4v) is 6.76. The van der Waals surface area contributed by atoms with Crippen molar-refractivity contribution >= 4 is 11.8 Å². The van der Waals surface area contributed by atoms with E-state index < -0.39 is 29.9 Å². The smallest absolute Gasteiger partial charge is 0.335 e. The largest absolute Gasteiger partial charge is 0.457 e. The third-order valence-electron chi connectivity index (χ3n) is 8.32. The average molecular weight is 445 g/mol. The predicted molar refractivity (Wildman–Crippen MR) is 120 cm³/mol. The van der Waals surface area contributed by atoms with E-state index >= 15 is 0 Å². The Hall–Kier alpha value is -1.76. The van der Waals surface area contributed by atoms with Gasteiger partial charge >= 0.3 is 5.97 Å². The van der Waals surface area contributed by atoms with Crippen molar-refractivity contribution in [2.75, 3.05) is 7.11 Å². The van der Waals surface area contributed by atoms with Crippen LogP contribution in [0.5, 0.6) is 0 Å². The van der Waals surface area contributed by atoms with Crippen LogP contribution < -0.4 is 0 Å². The number of aliphatic hydroxyl groups excluding tert-OH is 1. The molecule has 1 N–H and O–H groups in total. The van der Waals surface area contributed by atoms with Gasteiger partial charge < -0.3 is 19.3 Å². The van der Waals surface area contributed by atoms with Crippen molar-refractivity contribution in [3.8, 4) is 0 Å². The maximum atomic E-state index is 13.8. The lowest BCUT2D eigenvalue weighted by Gasteiger charge is -2.46. The SMILES string of the molecule is C=CC[C@H]1[C@@H]2O[C@@]34/C(C)=C/[C@@H](C)[C@@H]([C@@H](C)O)OC(=O)[C@@H](OC)C[C@H]3C=C[C@@H]2[C@H]4C(=O)[C@@H]1C. The van der Waals surface area contributed by atoms with Crippen LogP contribution in [0.2, 0.25) is 0 Å². The zero-order valence-corrected chi connectivity index (χ0v) is 19.7. The molecule has 0 aromatic carbocycles. The predicted octanol–water partition coefficient (Wildman–Crippen LogP) is 3.25. The number of carbonyl (C=O) groups is 2. The first-order valence-electron chi connectivity index (χ1n) is 11.8. The number of cyclic esters (lactones) is 1. The maximum absolute atomic E-state index is 13.8. The van der Waals surface area contributed by atoms with Crippen LogP contribution in [-0.2, 0) is 23.8 Å². The fraction of sp³-hybridized carbons (Fsp3) is 0.692. The molecular formula is C26H36O6. The molecule has 2 fully saturated rings. The number of ether oxygens (including phenoxy) is 3. The van der Waals surface area contributed by atoms with Crippen molar-refractivity contribution in [2.24, 2.45) is 35.5 Å². The Kier molecular flexibility index (Phi) is 6.25. The second-order valence-corrected chi connectivity index (χ2v) is 10.1. The van der Waals surface area contributed by atoms with Crippen molar-refractivity contribution in [1.29, 1.82) is 0 Å². The lowest BCUT2D eigenvalue weighted by molar-refractivity contribution is -0.171. The highest BCUT2D eigenvalue weighted by molar-refractivity contribution is 5.88. The number of aliphatic hydroxyl groups is 1. The molecule has 2 aliphatic heterocycles. The molecule has 1 saturated heterocycles. The second-order valence-electron chi connectivity index (χ2n) is 10.1.